The lowest BCUT2D eigenvalue weighted by atomic mass is 10.2. The van der Waals surface area contributed by atoms with Crippen molar-refractivity contribution in [1.82, 2.24) is 0 Å². The van der Waals surface area contributed by atoms with Crippen LogP contribution >= 0.6 is 54.8 Å². The van der Waals surface area contributed by atoms with Gasteiger partial charge in [0.1, 0.15) is 4.21 Å². The standard InChI is InChI=1S/C11H9Br2ClN2O2S2/c1-5-2-6(12)3-8(15)10(5)16-20(17,18)9-4-7(14)11(13)19-9/h2-4,16H,15H2,1H3. The largest absolute Gasteiger partial charge is 0.397 e. The van der Waals surface area contributed by atoms with Crippen LogP contribution in [0.2, 0.25) is 5.02 Å². The van der Waals surface area contributed by atoms with Crippen LogP contribution in [-0.2, 0) is 10.0 Å². The summed E-state index contributed by atoms with van der Waals surface area (Å²) < 4.78 is 28.6. The molecule has 0 amide bonds. The van der Waals surface area contributed by atoms with Crippen molar-refractivity contribution in [3.05, 3.63) is 37.0 Å². The number of nitrogen functional groups attached to an aromatic ring is 1. The number of benzene rings is 1. The first-order chi connectivity index (χ1) is 9.20. The highest BCUT2D eigenvalue weighted by molar-refractivity contribution is 9.11. The Morgan fingerprint density at radius 1 is 1.30 bits per heavy atom. The monoisotopic (exact) mass is 458 g/mol. The molecule has 0 saturated heterocycles. The van der Waals surface area contributed by atoms with E-state index in [1.165, 1.54) is 6.07 Å². The van der Waals surface area contributed by atoms with Gasteiger partial charge in [0.05, 0.1) is 20.2 Å². The minimum atomic E-state index is -3.71. The Morgan fingerprint density at radius 2 is 1.95 bits per heavy atom. The van der Waals surface area contributed by atoms with Crippen molar-refractivity contribution >= 4 is 76.2 Å². The first-order valence-electron chi connectivity index (χ1n) is 5.24. The van der Waals surface area contributed by atoms with Gasteiger partial charge in [0.2, 0.25) is 0 Å². The molecule has 0 aliphatic rings. The summed E-state index contributed by atoms with van der Waals surface area (Å²) in [6.07, 6.45) is 0. The van der Waals surface area contributed by atoms with E-state index in [0.29, 0.717) is 20.2 Å². The quantitative estimate of drug-likeness (QED) is 0.657. The minimum Gasteiger partial charge on any atom is -0.397 e. The summed E-state index contributed by atoms with van der Waals surface area (Å²) in [4.78, 5) is 0. The highest BCUT2D eigenvalue weighted by Gasteiger charge is 2.21. The van der Waals surface area contributed by atoms with Gasteiger partial charge in [0.15, 0.2) is 0 Å². The molecule has 4 nitrogen and oxygen atoms in total. The predicted octanol–water partition coefficient (Wildman–Crippen LogP) is 4.62. The molecule has 108 valence electrons. The van der Waals surface area contributed by atoms with Gasteiger partial charge in [-0.3, -0.25) is 4.72 Å². The number of thiophene rings is 1. The van der Waals surface area contributed by atoms with Gasteiger partial charge in [-0.1, -0.05) is 27.5 Å². The molecule has 0 aliphatic heterocycles. The fourth-order valence-electron chi connectivity index (χ4n) is 1.55. The molecule has 1 aromatic heterocycles. The third kappa shape index (κ3) is 3.30. The van der Waals surface area contributed by atoms with E-state index in [-0.39, 0.29) is 4.21 Å². The molecular formula is C11H9Br2ClN2O2S2. The van der Waals surface area contributed by atoms with Crippen LogP contribution in [0.3, 0.4) is 0 Å². The average Bonchev–Trinajstić information content (AvgIpc) is 2.65. The lowest BCUT2D eigenvalue weighted by Gasteiger charge is -2.12. The van der Waals surface area contributed by atoms with Crippen LogP contribution in [0.25, 0.3) is 0 Å². The fraction of sp³-hybridized carbons (Fsp3) is 0.0909. The molecule has 9 heteroatoms. The molecule has 0 fully saturated rings. The summed E-state index contributed by atoms with van der Waals surface area (Å²) in [6, 6.07) is 4.82. The molecule has 0 radical (unpaired) electrons. The van der Waals surface area contributed by atoms with Crippen LogP contribution in [0.4, 0.5) is 11.4 Å². The summed E-state index contributed by atoms with van der Waals surface area (Å²) in [5.41, 5.74) is 7.30. The van der Waals surface area contributed by atoms with Crippen molar-refractivity contribution in [3.63, 3.8) is 0 Å². The van der Waals surface area contributed by atoms with Gasteiger partial charge in [-0.15, -0.1) is 11.3 Å². The van der Waals surface area contributed by atoms with Crippen LogP contribution in [0.5, 0.6) is 0 Å². The number of sulfonamides is 1. The van der Waals surface area contributed by atoms with E-state index in [1.807, 2.05) is 0 Å². The van der Waals surface area contributed by atoms with Gasteiger partial charge in [0.25, 0.3) is 10.0 Å². The van der Waals surface area contributed by atoms with Gasteiger partial charge in [0, 0.05) is 4.47 Å². The second kappa shape index (κ2) is 5.84. The molecule has 2 aromatic rings. The van der Waals surface area contributed by atoms with E-state index >= 15 is 0 Å². The number of hydrogen-bond acceptors (Lipinski definition) is 4. The third-order valence-electron chi connectivity index (χ3n) is 2.45. The van der Waals surface area contributed by atoms with Crippen LogP contribution in [-0.4, -0.2) is 8.42 Å². The number of nitrogens with one attached hydrogen (secondary N) is 1. The van der Waals surface area contributed by atoms with Crippen LogP contribution in [0.1, 0.15) is 5.56 Å². The van der Waals surface area contributed by atoms with Crippen molar-refractivity contribution in [2.24, 2.45) is 0 Å². The number of rotatable bonds is 3. The number of aryl methyl sites for hydroxylation is 1. The SMILES string of the molecule is Cc1cc(Br)cc(N)c1NS(=O)(=O)c1cc(Cl)c(Br)s1. The highest BCUT2D eigenvalue weighted by atomic mass is 79.9. The maximum atomic E-state index is 12.3. The van der Waals surface area contributed by atoms with Crippen molar-refractivity contribution in [3.8, 4) is 0 Å². The Hall–Kier alpha value is -0.280. The first kappa shape index (κ1) is 16.1. The number of anilines is 2. The van der Waals surface area contributed by atoms with Crippen LogP contribution < -0.4 is 10.5 Å². The van der Waals surface area contributed by atoms with Crippen molar-refractivity contribution in [2.75, 3.05) is 10.5 Å². The molecule has 0 saturated carbocycles. The molecule has 20 heavy (non-hydrogen) atoms. The van der Waals surface area contributed by atoms with Crippen molar-refractivity contribution in [1.29, 1.82) is 0 Å². The topological polar surface area (TPSA) is 72.2 Å². The van der Waals surface area contributed by atoms with Gasteiger partial charge in [-0.25, -0.2) is 8.42 Å². The molecule has 0 atom stereocenters. The zero-order chi connectivity index (χ0) is 15.1. The van der Waals surface area contributed by atoms with Crippen molar-refractivity contribution in [2.45, 2.75) is 11.1 Å². The number of nitrogens with two attached hydrogens (primary N) is 1. The summed E-state index contributed by atoms with van der Waals surface area (Å²) in [7, 11) is -3.71. The maximum Gasteiger partial charge on any atom is 0.271 e. The summed E-state index contributed by atoms with van der Waals surface area (Å²) in [6.45, 7) is 1.77. The molecule has 1 heterocycles. The smallest absolute Gasteiger partial charge is 0.271 e. The molecule has 0 aliphatic carbocycles. The Bertz CT molecular complexity index is 732. The molecule has 0 bridgehead atoms. The van der Waals surface area contributed by atoms with E-state index in [2.05, 4.69) is 36.6 Å². The molecular weight excluding hydrogens is 452 g/mol. The Morgan fingerprint density at radius 3 is 2.45 bits per heavy atom. The van der Waals surface area contributed by atoms with E-state index < -0.39 is 10.0 Å². The maximum absolute atomic E-state index is 12.3. The normalized spacial score (nSPS) is 11.6. The number of hydrogen-bond donors (Lipinski definition) is 2. The van der Waals surface area contributed by atoms with Crippen LogP contribution in [0, 0.1) is 6.92 Å². The van der Waals surface area contributed by atoms with Crippen LogP contribution in [0.15, 0.2) is 30.7 Å². The zero-order valence-corrected chi connectivity index (χ0v) is 15.6. The van der Waals surface area contributed by atoms with E-state index in [4.69, 9.17) is 17.3 Å². The zero-order valence-electron chi connectivity index (χ0n) is 10.1. The average molecular weight is 461 g/mol. The second-order valence-electron chi connectivity index (χ2n) is 3.98. The van der Waals surface area contributed by atoms with E-state index in [1.54, 1.807) is 19.1 Å². The Kier molecular flexibility index (Phi) is 4.70. The molecule has 0 spiro atoms. The highest BCUT2D eigenvalue weighted by Crippen LogP contribution is 2.36. The lowest BCUT2D eigenvalue weighted by molar-refractivity contribution is 0.603. The second-order valence-corrected chi connectivity index (χ2v) is 9.58. The Labute approximate surface area is 142 Å². The van der Waals surface area contributed by atoms with Gasteiger partial charge < -0.3 is 5.73 Å². The molecule has 3 N–H and O–H groups in total. The fourth-order valence-corrected chi connectivity index (χ4v) is 5.70. The van der Waals surface area contributed by atoms with E-state index in [9.17, 15) is 8.42 Å². The molecule has 2 rings (SSSR count). The first-order valence-corrected chi connectivity index (χ1v) is 9.50. The molecule has 1 aromatic carbocycles. The minimum absolute atomic E-state index is 0.121. The van der Waals surface area contributed by atoms with Gasteiger partial charge in [-0.2, -0.15) is 0 Å². The van der Waals surface area contributed by atoms with Gasteiger partial charge >= 0.3 is 0 Å². The predicted molar refractivity (Wildman–Crippen MR) is 91.1 cm³/mol. The summed E-state index contributed by atoms with van der Waals surface area (Å²) in [5, 5.41) is 0.357. The van der Waals surface area contributed by atoms with Gasteiger partial charge in [-0.05, 0) is 46.6 Å². The molecule has 0 unspecified atom stereocenters. The summed E-state index contributed by atoms with van der Waals surface area (Å²) in [5.74, 6) is 0. The number of halogens is 3. The van der Waals surface area contributed by atoms with E-state index in [0.717, 1.165) is 21.4 Å². The van der Waals surface area contributed by atoms with Crippen molar-refractivity contribution < 1.29 is 8.42 Å². The third-order valence-corrected chi connectivity index (χ3v) is 7.21. The Balaban J connectivity index is 2.43. The lowest BCUT2D eigenvalue weighted by Crippen LogP contribution is -2.14. The summed E-state index contributed by atoms with van der Waals surface area (Å²) >= 11 is 13.4.